The van der Waals surface area contributed by atoms with Crippen LogP contribution in [0.4, 0.5) is 0 Å². The van der Waals surface area contributed by atoms with Crippen molar-refractivity contribution in [3.8, 4) is 0 Å². The minimum Gasteiger partial charge on any atom is -0.389 e. The van der Waals surface area contributed by atoms with Gasteiger partial charge in [-0.25, -0.2) is 0 Å². The number of ether oxygens (including phenoxy) is 2. The lowest BCUT2D eigenvalue weighted by Crippen LogP contribution is -2.52. The van der Waals surface area contributed by atoms with E-state index in [4.69, 9.17) is 9.47 Å². The van der Waals surface area contributed by atoms with Gasteiger partial charge < -0.3 is 14.6 Å². The van der Waals surface area contributed by atoms with Crippen molar-refractivity contribution in [2.75, 3.05) is 13.2 Å². The largest absolute Gasteiger partial charge is 0.389 e. The van der Waals surface area contributed by atoms with Crippen molar-refractivity contribution in [1.29, 1.82) is 0 Å². The SMILES string of the molecule is CC1(C)OC[C@H]2[C@@H](O1)[C@@H](O)[C@@H]1CCCN12. The van der Waals surface area contributed by atoms with Gasteiger partial charge in [0.05, 0.1) is 18.8 Å². The zero-order chi connectivity index (χ0) is 10.6. The summed E-state index contributed by atoms with van der Waals surface area (Å²) in [5.41, 5.74) is 0. The Balaban J connectivity index is 1.83. The normalized spacial score (nSPS) is 49.0. The van der Waals surface area contributed by atoms with Crippen LogP contribution in [0.15, 0.2) is 0 Å². The first-order valence-electron chi connectivity index (χ1n) is 5.84. The Morgan fingerprint density at radius 2 is 2.13 bits per heavy atom. The van der Waals surface area contributed by atoms with Crippen LogP contribution < -0.4 is 0 Å². The topological polar surface area (TPSA) is 41.9 Å². The molecule has 3 heterocycles. The van der Waals surface area contributed by atoms with Gasteiger partial charge in [-0.3, -0.25) is 4.90 Å². The van der Waals surface area contributed by atoms with E-state index in [2.05, 4.69) is 4.90 Å². The fourth-order valence-electron chi connectivity index (χ4n) is 3.22. The molecule has 0 aromatic rings. The molecule has 4 heteroatoms. The fraction of sp³-hybridized carbons (Fsp3) is 1.00. The maximum atomic E-state index is 10.2. The molecule has 1 N–H and O–H groups in total. The summed E-state index contributed by atoms with van der Waals surface area (Å²) in [6, 6.07) is 0.568. The second kappa shape index (κ2) is 3.17. The number of fused-ring (bicyclic) bond motifs is 3. The Kier molecular flexibility index (Phi) is 2.12. The third-order valence-electron chi connectivity index (χ3n) is 3.90. The average Bonchev–Trinajstić information content (AvgIpc) is 2.70. The van der Waals surface area contributed by atoms with Gasteiger partial charge in [-0.2, -0.15) is 0 Å². The molecule has 3 aliphatic rings. The summed E-state index contributed by atoms with van der Waals surface area (Å²) in [5.74, 6) is -0.540. The summed E-state index contributed by atoms with van der Waals surface area (Å²) in [7, 11) is 0. The number of nitrogens with zero attached hydrogens (tertiary/aromatic N) is 1. The Morgan fingerprint density at radius 1 is 1.33 bits per heavy atom. The van der Waals surface area contributed by atoms with Crippen LogP contribution in [0.5, 0.6) is 0 Å². The molecule has 4 nitrogen and oxygen atoms in total. The number of aliphatic hydroxyl groups excluding tert-OH is 1. The van der Waals surface area contributed by atoms with Crippen LogP contribution in [0.1, 0.15) is 26.7 Å². The molecule has 0 bridgehead atoms. The van der Waals surface area contributed by atoms with Crippen molar-refractivity contribution in [3.05, 3.63) is 0 Å². The molecule has 0 spiro atoms. The van der Waals surface area contributed by atoms with Crippen molar-refractivity contribution >= 4 is 0 Å². The predicted molar refractivity (Wildman–Crippen MR) is 54.4 cm³/mol. The highest BCUT2D eigenvalue weighted by atomic mass is 16.7. The lowest BCUT2D eigenvalue weighted by molar-refractivity contribution is -0.292. The van der Waals surface area contributed by atoms with E-state index in [1.165, 1.54) is 6.42 Å². The smallest absolute Gasteiger partial charge is 0.163 e. The van der Waals surface area contributed by atoms with Gasteiger partial charge in [0.15, 0.2) is 5.79 Å². The molecule has 4 atom stereocenters. The maximum absolute atomic E-state index is 10.2. The first-order valence-corrected chi connectivity index (χ1v) is 5.84. The van der Waals surface area contributed by atoms with E-state index in [9.17, 15) is 5.11 Å². The van der Waals surface area contributed by atoms with Crippen LogP contribution in [-0.4, -0.2) is 53.2 Å². The zero-order valence-electron chi connectivity index (χ0n) is 9.35. The van der Waals surface area contributed by atoms with Crippen molar-refractivity contribution < 1.29 is 14.6 Å². The molecule has 15 heavy (non-hydrogen) atoms. The van der Waals surface area contributed by atoms with Gasteiger partial charge in [0.2, 0.25) is 0 Å². The van der Waals surface area contributed by atoms with Gasteiger partial charge in [0, 0.05) is 6.04 Å². The van der Waals surface area contributed by atoms with Crippen molar-refractivity contribution in [2.24, 2.45) is 0 Å². The molecular weight excluding hydrogens is 194 g/mol. The summed E-state index contributed by atoms with van der Waals surface area (Å²) in [6.45, 7) is 5.60. The Hall–Kier alpha value is -0.160. The maximum Gasteiger partial charge on any atom is 0.163 e. The molecule has 3 aliphatic heterocycles. The van der Waals surface area contributed by atoms with Crippen LogP contribution in [0.2, 0.25) is 0 Å². The number of rotatable bonds is 0. The van der Waals surface area contributed by atoms with Crippen molar-refractivity contribution in [3.63, 3.8) is 0 Å². The molecule has 0 aromatic carbocycles. The Labute approximate surface area is 90.2 Å². The van der Waals surface area contributed by atoms with E-state index in [-0.39, 0.29) is 18.2 Å². The third-order valence-corrected chi connectivity index (χ3v) is 3.90. The standard InChI is InChI=1S/C11H19NO3/c1-11(2)14-6-8-10(15-11)9(13)7-4-3-5-12(7)8/h7-10,13H,3-6H2,1-2H3/t7-,8-,9-,10+/m0/s1. The van der Waals surface area contributed by atoms with Crippen LogP contribution in [0.3, 0.4) is 0 Å². The highest BCUT2D eigenvalue weighted by Crippen LogP contribution is 2.39. The Bertz CT molecular complexity index is 269. The van der Waals surface area contributed by atoms with E-state index in [1.54, 1.807) is 0 Å². The highest BCUT2D eigenvalue weighted by Gasteiger charge is 2.54. The van der Waals surface area contributed by atoms with Crippen LogP contribution >= 0.6 is 0 Å². The molecule has 0 unspecified atom stereocenters. The molecule has 0 saturated carbocycles. The van der Waals surface area contributed by atoms with E-state index >= 15 is 0 Å². The first kappa shape index (κ1) is 10.0. The first-order chi connectivity index (χ1) is 7.08. The summed E-state index contributed by atoms with van der Waals surface area (Å²) < 4.78 is 11.5. The molecule has 0 amide bonds. The van der Waals surface area contributed by atoms with E-state index < -0.39 is 5.79 Å². The van der Waals surface area contributed by atoms with Gasteiger partial charge in [-0.05, 0) is 33.2 Å². The van der Waals surface area contributed by atoms with E-state index in [0.29, 0.717) is 12.6 Å². The minimum atomic E-state index is -0.540. The molecular formula is C11H19NO3. The van der Waals surface area contributed by atoms with Gasteiger partial charge in [-0.15, -0.1) is 0 Å². The van der Waals surface area contributed by atoms with E-state index in [1.807, 2.05) is 13.8 Å². The molecule has 3 fully saturated rings. The van der Waals surface area contributed by atoms with E-state index in [0.717, 1.165) is 13.0 Å². The highest BCUT2D eigenvalue weighted by molar-refractivity contribution is 5.06. The summed E-state index contributed by atoms with van der Waals surface area (Å²) in [5, 5.41) is 10.2. The van der Waals surface area contributed by atoms with Gasteiger partial charge >= 0.3 is 0 Å². The molecule has 86 valence electrons. The number of hydrogen-bond donors (Lipinski definition) is 1. The van der Waals surface area contributed by atoms with Gasteiger partial charge in [-0.1, -0.05) is 0 Å². The fourth-order valence-corrected chi connectivity index (χ4v) is 3.22. The number of hydrogen-bond acceptors (Lipinski definition) is 4. The molecule has 0 aromatic heterocycles. The second-order valence-electron chi connectivity index (χ2n) is 5.30. The van der Waals surface area contributed by atoms with Gasteiger partial charge in [0.1, 0.15) is 6.10 Å². The number of aliphatic hydroxyl groups is 1. The molecule has 0 radical (unpaired) electrons. The van der Waals surface area contributed by atoms with Gasteiger partial charge in [0.25, 0.3) is 0 Å². The lowest BCUT2D eigenvalue weighted by Gasteiger charge is -2.40. The summed E-state index contributed by atoms with van der Waals surface area (Å²) >= 11 is 0. The third kappa shape index (κ3) is 1.43. The molecule has 3 rings (SSSR count). The lowest BCUT2D eigenvalue weighted by atomic mass is 10.0. The van der Waals surface area contributed by atoms with Crippen LogP contribution in [0, 0.1) is 0 Å². The monoisotopic (exact) mass is 213 g/mol. The van der Waals surface area contributed by atoms with Crippen molar-refractivity contribution in [2.45, 2.75) is 56.8 Å². The van der Waals surface area contributed by atoms with Crippen LogP contribution in [0.25, 0.3) is 0 Å². The van der Waals surface area contributed by atoms with Crippen LogP contribution in [-0.2, 0) is 9.47 Å². The quantitative estimate of drug-likeness (QED) is 0.630. The summed E-state index contributed by atoms with van der Waals surface area (Å²) in [4.78, 5) is 2.37. The summed E-state index contributed by atoms with van der Waals surface area (Å²) in [6.07, 6.45) is 1.89. The average molecular weight is 213 g/mol. The minimum absolute atomic E-state index is 0.0564. The van der Waals surface area contributed by atoms with Crippen molar-refractivity contribution in [1.82, 2.24) is 4.90 Å². The Morgan fingerprint density at radius 3 is 2.93 bits per heavy atom. The molecule has 3 saturated heterocycles. The zero-order valence-corrected chi connectivity index (χ0v) is 9.35. The predicted octanol–water partition coefficient (Wildman–Crippen LogP) is 0.345. The second-order valence-corrected chi connectivity index (χ2v) is 5.30. The molecule has 0 aliphatic carbocycles.